The SMILES string of the molecule is O=S(=O)(c1ccc2c(c1)OCCO2)N1CCCn2nc(-c3cccc(Cl)c3)cc2C1. The lowest BCUT2D eigenvalue weighted by molar-refractivity contribution is 0.171. The third-order valence-electron chi connectivity index (χ3n) is 5.25. The highest BCUT2D eigenvalue weighted by molar-refractivity contribution is 7.89. The number of hydrogen-bond acceptors (Lipinski definition) is 5. The van der Waals surface area contributed by atoms with E-state index in [4.69, 9.17) is 21.1 Å². The number of hydrogen-bond donors (Lipinski definition) is 0. The van der Waals surface area contributed by atoms with Crippen LogP contribution in [0.3, 0.4) is 0 Å². The summed E-state index contributed by atoms with van der Waals surface area (Å²) in [5, 5.41) is 5.31. The summed E-state index contributed by atoms with van der Waals surface area (Å²) < 4.78 is 41.1. The van der Waals surface area contributed by atoms with Gasteiger partial charge in [0.1, 0.15) is 13.2 Å². The molecule has 3 heterocycles. The molecule has 0 N–H and O–H groups in total. The first kappa shape index (κ1) is 19.4. The summed E-state index contributed by atoms with van der Waals surface area (Å²) in [5.74, 6) is 1.03. The van der Waals surface area contributed by atoms with Gasteiger partial charge in [0, 0.05) is 29.7 Å². The van der Waals surface area contributed by atoms with E-state index in [1.165, 1.54) is 4.31 Å². The monoisotopic (exact) mass is 445 g/mol. The number of sulfonamides is 1. The van der Waals surface area contributed by atoms with E-state index in [0.717, 1.165) is 17.0 Å². The number of aromatic nitrogens is 2. The maximum Gasteiger partial charge on any atom is 0.243 e. The van der Waals surface area contributed by atoms with Gasteiger partial charge in [0.15, 0.2) is 11.5 Å². The van der Waals surface area contributed by atoms with Crippen molar-refractivity contribution in [1.82, 2.24) is 14.1 Å². The molecule has 0 spiro atoms. The van der Waals surface area contributed by atoms with Crippen molar-refractivity contribution in [2.24, 2.45) is 0 Å². The van der Waals surface area contributed by atoms with Crippen LogP contribution in [0.1, 0.15) is 12.1 Å². The summed E-state index contributed by atoms with van der Waals surface area (Å²) in [6.45, 7) is 2.20. The minimum atomic E-state index is -3.69. The largest absolute Gasteiger partial charge is 0.486 e. The van der Waals surface area contributed by atoms with E-state index in [2.05, 4.69) is 5.10 Å². The fraction of sp³-hybridized carbons (Fsp3) is 0.286. The molecule has 5 rings (SSSR count). The van der Waals surface area contributed by atoms with Gasteiger partial charge in [-0.05, 0) is 36.8 Å². The molecule has 0 fully saturated rings. The van der Waals surface area contributed by atoms with Crippen molar-refractivity contribution in [1.29, 1.82) is 0 Å². The van der Waals surface area contributed by atoms with Gasteiger partial charge in [0.25, 0.3) is 0 Å². The van der Waals surface area contributed by atoms with Crippen LogP contribution in [0.25, 0.3) is 11.3 Å². The smallest absolute Gasteiger partial charge is 0.243 e. The van der Waals surface area contributed by atoms with Crippen LogP contribution in [0.5, 0.6) is 11.5 Å². The zero-order valence-electron chi connectivity index (χ0n) is 16.1. The number of halogens is 1. The second-order valence-corrected chi connectivity index (χ2v) is 9.63. The molecule has 0 saturated heterocycles. The molecule has 7 nitrogen and oxygen atoms in total. The van der Waals surface area contributed by atoms with Gasteiger partial charge < -0.3 is 9.47 Å². The summed E-state index contributed by atoms with van der Waals surface area (Å²) in [4.78, 5) is 0.203. The van der Waals surface area contributed by atoms with Gasteiger partial charge in [-0.3, -0.25) is 4.68 Å². The Morgan fingerprint density at radius 2 is 1.80 bits per heavy atom. The van der Waals surface area contributed by atoms with Crippen LogP contribution in [0.4, 0.5) is 0 Å². The van der Waals surface area contributed by atoms with Crippen LogP contribution in [-0.4, -0.2) is 42.3 Å². The van der Waals surface area contributed by atoms with Crippen LogP contribution in [0, 0.1) is 0 Å². The summed E-state index contributed by atoms with van der Waals surface area (Å²) in [7, 11) is -3.69. The standard InChI is InChI=1S/C21H20ClN3O4S/c22-16-4-1-3-15(11-16)19-12-17-14-24(7-2-8-25(17)23-19)30(26,27)18-5-6-20-21(13-18)29-10-9-28-20/h1,3-6,11-13H,2,7-10,14H2. The first-order valence-electron chi connectivity index (χ1n) is 9.73. The Kier molecular flexibility index (Phi) is 4.92. The molecule has 0 unspecified atom stereocenters. The van der Waals surface area contributed by atoms with E-state index in [9.17, 15) is 8.42 Å². The number of nitrogens with zero attached hydrogens (tertiary/aromatic N) is 3. The van der Waals surface area contributed by atoms with Gasteiger partial charge in [-0.15, -0.1) is 0 Å². The van der Waals surface area contributed by atoms with E-state index in [-0.39, 0.29) is 11.4 Å². The van der Waals surface area contributed by atoms with E-state index >= 15 is 0 Å². The first-order valence-corrected chi connectivity index (χ1v) is 11.5. The number of ether oxygens (including phenoxy) is 2. The van der Waals surface area contributed by atoms with E-state index in [0.29, 0.717) is 49.2 Å². The molecule has 1 aromatic heterocycles. The highest BCUT2D eigenvalue weighted by atomic mass is 35.5. The van der Waals surface area contributed by atoms with Gasteiger partial charge in [0.2, 0.25) is 10.0 Å². The van der Waals surface area contributed by atoms with Crippen molar-refractivity contribution in [3.63, 3.8) is 0 Å². The Morgan fingerprint density at radius 3 is 2.63 bits per heavy atom. The molecule has 0 atom stereocenters. The predicted octanol–water partition coefficient (Wildman–Crippen LogP) is 3.57. The normalized spacial score (nSPS) is 16.7. The Morgan fingerprint density at radius 1 is 0.967 bits per heavy atom. The summed E-state index contributed by atoms with van der Waals surface area (Å²) in [6.07, 6.45) is 0.674. The molecule has 2 aliphatic rings. The minimum absolute atomic E-state index is 0.203. The molecule has 3 aromatic rings. The van der Waals surface area contributed by atoms with Crippen LogP contribution >= 0.6 is 11.6 Å². The second-order valence-electron chi connectivity index (χ2n) is 7.25. The second kappa shape index (κ2) is 7.61. The summed E-state index contributed by atoms with van der Waals surface area (Å²) >= 11 is 6.11. The van der Waals surface area contributed by atoms with E-state index in [1.807, 2.05) is 35.0 Å². The molecule has 0 radical (unpaired) electrons. The Hall–Kier alpha value is -2.55. The Labute approximate surface area is 179 Å². The van der Waals surface area contributed by atoms with Crippen molar-refractivity contribution in [2.45, 2.75) is 24.4 Å². The van der Waals surface area contributed by atoms with Crippen LogP contribution < -0.4 is 9.47 Å². The van der Waals surface area contributed by atoms with Crippen molar-refractivity contribution >= 4 is 21.6 Å². The van der Waals surface area contributed by atoms with Gasteiger partial charge in [0.05, 0.1) is 22.8 Å². The summed E-state index contributed by atoms with van der Waals surface area (Å²) in [6, 6.07) is 14.2. The number of benzene rings is 2. The van der Waals surface area contributed by atoms with Crippen molar-refractivity contribution in [3.8, 4) is 22.8 Å². The lowest BCUT2D eigenvalue weighted by Gasteiger charge is -2.22. The minimum Gasteiger partial charge on any atom is -0.486 e. The Balaban J connectivity index is 1.45. The fourth-order valence-corrected chi connectivity index (χ4v) is 5.42. The molecule has 0 saturated carbocycles. The third-order valence-corrected chi connectivity index (χ3v) is 7.33. The van der Waals surface area contributed by atoms with E-state index < -0.39 is 10.0 Å². The molecule has 9 heteroatoms. The van der Waals surface area contributed by atoms with Gasteiger partial charge >= 0.3 is 0 Å². The zero-order chi connectivity index (χ0) is 20.7. The highest BCUT2D eigenvalue weighted by Gasteiger charge is 2.29. The van der Waals surface area contributed by atoms with Gasteiger partial charge in [-0.25, -0.2) is 8.42 Å². The van der Waals surface area contributed by atoms with E-state index in [1.54, 1.807) is 18.2 Å². The molecule has 2 aromatic carbocycles. The average molecular weight is 446 g/mol. The number of rotatable bonds is 3. The molecule has 0 aliphatic carbocycles. The molecule has 0 amide bonds. The van der Waals surface area contributed by atoms with Crippen molar-refractivity contribution < 1.29 is 17.9 Å². The quantitative estimate of drug-likeness (QED) is 0.616. The molecule has 156 valence electrons. The molecule has 2 aliphatic heterocycles. The van der Waals surface area contributed by atoms with Crippen molar-refractivity contribution in [3.05, 3.63) is 59.2 Å². The maximum absolute atomic E-state index is 13.3. The summed E-state index contributed by atoms with van der Waals surface area (Å²) in [5.41, 5.74) is 2.54. The zero-order valence-corrected chi connectivity index (χ0v) is 17.7. The highest BCUT2D eigenvalue weighted by Crippen LogP contribution is 2.34. The number of fused-ring (bicyclic) bond motifs is 2. The lowest BCUT2D eigenvalue weighted by atomic mass is 10.1. The molecule has 30 heavy (non-hydrogen) atoms. The van der Waals surface area contributed by atoms with Crippen LogP contribution in [0.15, 0.2) is 53.4 Å². The average Bonchev–Trinajstić information content (AvgIpc) is 3.04. The fourth-order valence-electron chi connectivity index (χ4n) is 3.76. The maximum atomic E-state index is 13.3. The molecule has 0 bridgehead atoms. The molecular weight excluding hydrogens is 426 g/mol. The molecular formula is C21H20ClN3O4S. The Bertz CT molecular complexity index is 1210. The first-order chi connectivity index (χ1) is 14.5. The topological polar surface area (TPSA) is 73.7 Å². The number of aryl methyl sites for hydroxylation is 1. The lowest BCUT2D eigenvalue weighted by Crippen LogP contribution is -2.31. The van der Waals surface area contributed by atoms with Gasteiger partial charge in [-0.2, -0.15) is 9.40 Å². The van der Waals surface area contributed by atoms with Crippen LogP contribution in [0.2, 0.25) is 5.02 Å². The predicted molar refractivity (Wildman–Crippen MR) is 112 cm³/mol. The van der Waals surface area contributed by atoms with Crippen molar-refractivity contribution in [2.75, 3.05) is 19.8 Å². The van der Waals surface area contributed by atoms with Gasteiger partial charge in [-0.1, -0.05) is 23.7 Å². The third kappa shape index (κ3) is 3.55. The van der Waals surface area contributed by atoms with Crippen LogP contribution in [-0.2, 0) is 23.1 Å².